The second kappa shape index (κ2) is 12.4. The average Bonchev–Trinajstić information content (AvgIpc) is 3.59. The minimum atomic E-state index is -4.79. The molecule has 6 heterocycles. The predicted octanol–water partition coefficient (Wildman–Crippen LogP) is 6.59. The maximum atomic E-state index is 14.1. The van der Waals surface area contributed by atoms with Gasteiger partial charge < -0.3 is 29.3 Å². The summed E-state index contributed by atoms with van der Waals surface area (Å²) >= 11 is 0. The van der Waals surface area contributed by atoms with Crippen LogP contribution in [0.2, 0.25) is 0 Å². The normalized spacial score (nSPS) is 18.4. The van der Waals surface area contributed by atoms with Crippen LogP contribution >= 0.6 is 7.60 Å². The third kappa shape index (κ3) is 6.30. The number of nitrogens with zero attached hydrogens (tertiary/aromatic N) is 5. The number of aromatic nitrogens is 4. The topological polar surface area (TPSA) is 133 Å². The zero-order valence-electron chi connectivity index (χ0n) is 25.2. The molecule has 0 saturated carbocycles. The molecule has 12 nitrogen and oxygen atoms in total. The van der Waals surface area contributed by atoms with Gasteiger partial charge in [0.05, 0.1) is 49.6 Å². The van der Waals surface area contributed by atoms with E-state index in [4.69, 9.17) is 13.8 Å². The molecule has 2 N–H and O–H groups in total. The summed E-state index contributed by atoms with van der Waals surface area (Å²) < 4.78 is 74.6. The molecule has 8 bridgehead atoms. The number of aryl methyl sites for hydroxylation is 1. The van der Waals surface area contributed by atoms with E-state index in [1.54, 1.807) is 55.2 Å². The Kier molecular flexibility index (Phi) is 8.49. The summed E-state index contributed by atoms with van der Waals surface area (Å²) in [5, 5.41) is 10.1. The second-order valence-corrected chi connectivity index (χ2v) is 12.8. The Morgan fingerprint density at radius 2 is 1.93 bits per heavy atom. The van der Waals surface area contributed by atoms with Gasteiger partial charge in [0.1, 0.15) is 17.1 Å². The molecule has 4 aliphatic heterocycles. The molecular formula is C30H31F3N7O5P. The van der Waals surface area contributed by atoms with E-state index in [1.165, 1.54) is 12.0 Å². The number of rotatable bonds is 3. The molecule has 0 saturated heterocycles. The first-order valence-corrected chi connectivity index (χ1v) is 16.2. The average molecular weight is 658 g/mol. The molecule has 0 radical (unpaired) electrons. The van der Waals surface area contributed by atoms with E-state index in [1.807, 2.05) is 6.20 Å². The fraction of sp³-hybridized carbons (Fsp3) is 0.333. The first-order valence-electron chi connectivity index (χ1n) is 14.5. The van der Waals surface area contributed by atoms with Crippen LogP contribution in [-0.2, 0) is 39.0 Å². The first kappa shape index (κ1) is 31.5. The van der Waals surface area contributed by atoms with Crippen molar-refractivity contribution in [2.45, 2.75) is 38.8 Å². The summed E-state index contributed by atoms with van der Waals surface area (Å²) in [6.07, 6.45) is -0.177. The Labute approximate surface area is 262 Å². The molecule has 1 atom stereocenters. The minimum absolute atomic E-state index is 0.0257. The summed E-state index contributed by atoms with van der Waals surface area (Å²) in [7, 11) is -0.494. The molecule has 2 aromatic heterocycles. The molecule has 1 amide bonds. The van der Waals surface area contributed by atoms with Crippen LogP contribution in [0.4, 0.5) is 36.3 Å². The predicted molar refractivity (Wildman–Crippen MR) is 164 cm³/mol. The largest absolute Gasteiger partial charge is 0.495 e. The van der Waals surface area contributed by atoms with E-state index in [-0.39, 0.29) is 49.0 Å². The summed E-state index contributed by atoms with van der Waals surface area (Å²) in [6, 6.07) is 8.21. The summed E-state index contributed by atoms with van der Waals surface area (Å²) in [4.78, 5) is 22.9. The Morgan fingerprint density at radius 1 is 1.13 bits per heavy atom. The van der Waals surface area contributed by atoms with Crippen molar-refractivity contribution in [3.63, 3.8) is 0 Å². The van der Waals surface area contributed by atoms with Crippen molar-refractivity contribution >= 4 is 36.6 Å². The number of halogens is 3. The third-order valence-corrected chi connectivity index (χ3v) is 9.57. The Morgan fingerprint density at radius 3 is 2.70 bits per heavy atom. The number of amides is 1. The van der Waals surface area contributed by atoms with Gasteiger partial charge >= 0.3 is 13.8 Å². The van der Waals surface area contributed by atoms with Gasteiger partial charge in [-0.25, -0.2) is 4.98 Å². The fourth-order valence-electron chi connectivity index (χ4n) is 5.46. The van der Waals surface area contributed by atoms with Crippen molar-refractivity contribution in [2.75, 3.05) is 38.0 Å². The van der Waals surface area contributed by atoms with Crippen LogP contribution in [0.25, 0.3) is 11.1 Å². The molecule has 46 heavy (non-hydrogen) atoms. The van der Waals surface area contributed by atoms with Gasteiger partial charge in [-0.15, -0.1) is 0 Å². The van der Waals surface area contributed by atoms with Crippen LogP contribution in [0, 0.1) is 0 Å². The highest BCUT2D eigenvalue weighted by atomic mass is 31.2. The lowest BCUT2D eigenvalue weighted by molar-refractivity contribution is -0.137. The quantitative estimate of drug-likeness (QED) is 0.233. The van der Waals surface area contributed by atoms with Crippen LogP contribution in [0.1, 0.15) is 40.4 Å². The standard InChI is InChI=1S/C30H31F3N7O5P/c1-4-44-46(42)17-18-6-8-23(25(12-18)43-3)37-29-34-14-22(30(31,32)33)27(38-29)36-24-9-7-20(21-16-39(2)28(41)26(21)24)19-13-35-40(15-19)10-5-11-45-46/h6-9,12-15H,4-5,10-11,16-17H2,1-3H3,(H2,34,36,37,38). The maximum absolute atomic E-state index is 14.1. The van der Waals surface area contributed by atoms with Crippen molar-refractivity contribution in [2.24, 2.45) is 0 Å². The summed E-state index contributed by atoms with van der Waals surface area (Å²) in [5.41, 5.74) is 2.36. The number of nitrogens with one attached hydrogen (secondary N) is 2. The molecule has 1 unspecified atom stereocenters. The second-order valence-electron chi connectivity index (χ2n) is 10.8. The maximum Gasteiger partial charge on any atom is 0.421 e. The Hall–Kier alpha value is -4.46. The van der Waals surface area contributed by atoms with Crippen LogP contribution in [0.3, 0.4) is 0 Å². The highest BCUT2D eigenvalue weighted by Crippen LogP contribution is 2.52. The highest BCUT2D eigenvalue weighted by Gasteiger charge is 2.37. The lowest BCUT2D eigenvalue weighted by atomic mass is 9.97. The number of carbonyl (C=O) groups excluding carboxylic acids is 1. The number of hydrogen-bond acceptors (Lipinski definition) is 10. The zero-order chi connectivity index (χ0) is 32.6. The molecule has 8 rings (SSSR count). The van der Waals surface area contributed by atoms with Crippen LogP contribution in [0.5, 0.6) is 5.75 Å². The van der Waals surface area contributed by atoms with Crippen molar-refractivity contribution in [1.29, 1.82) is 0 Å². The first-order chi connectivity index (χ1) is 22.0. The van der Waals surface area contributed by atoms with Crippen LogP contribution < -0.4 is 15.4 Å². The zero-order valence-corrected chi connectivity index (χ0v) is 26.1. The Bertz CT molecular complexity index is 1850. The smallest absolute Gasteiger partial charge is 0.421 e. The lowest BCUT2D eigenvalue weighted by Gasteiger charge is -2.19. The molecule has 0 aliphatic carbocycles. The van der Waals surface area contributed by atoms with Gasteiger partial charge in [0.15, 0.2) is 0 Å². The summed E-state index contributed by atoms with van der Waals surface area (Å²) in [5.74, 6) is -0.737. The van der Waals surface area contributed by atoms with E-state index >= 15 is 0 Å². The van der Waals surface area contributed by atoms with Gasteiger partial charge in [0, 0.05) is 38.1 Å². The van der Waals surface area contributed by atoms with E-state index in [2.05, 4.69) is 25.7 Å². The van der Waals surface area contributed by atoms with E-state index < -0.39 is 25.2 Å². The van der Waals surface area contributed by atoms with Gasteiger partial charge in [-0.1, -0.05) is 12.1 Å². The van der Waals surface area contributed by atoms with Gasteiger partial charge in [-0.3, -0.25) is 14.0 Å². The summed E-state index contributed by atoms with van der Waals surface area (Å²) in [6.45, 7) is 2.77. The number of fused-ring (bicyclic) bond motifs is 1. The number of methoxy groups -OCH3 is 1. The lowest BCUT2D eigenvalue weighted by Crippen LogP contribution is -2.18. The number of anilines is 4. The monoisotopic (exact) mass is 657 g/mol. The van der Waals surface area contributed by atoms with E-state index in [9.17, 15) is 22.5 Å². The van der Waals surface area contributed by atoms with Crippen LogP contribution in [-0.4, -0.2) is 57.9 Å². The fourth-order valence-corrected chi connectivity index (χ4v) is 7.17. The molecule has 0 fully saturated rings. The van der Waals surface area contributed by atoms with Crippen molar-refractivity contribution < 1.29 is 36.3 Å². The highest BCUT2D eigenvalue weighted by molar-refractivity contribution is 7.53. The molecule has 2 aromatic carbocycles. The van der Waals surface area contributed by atoms with Crippen molar-refractivity contribution in [3.05, 3.63) is 71.2 Å². The van der Waals surface area contributed by atoms with E-state index in [0.717, 1.165) is 11.1 Å². The van der Waals surface area contributed by atoms with Crippen molar-refractivity contribution in [1.82, 2.24) is 24.6 Å². The number of benzene rings is 2. The molecule has 0 spiro atoms. The van der Waals surface area contributed by atoms with Crippen molar-refractivity contribution in [3.8, 4) is 16.9 Å². The number of alkyl halides is 3. The molecule has 4 aliphatic rings. The SMILES string of the molecule is CCOP1(=O)Cc2ccc(c(OC)c2)Nc2ncc(C(F)(F)F)c(n2)Nc2ccc(c3c2C(=O)N(C)C3)-c2cnn(c2)CCCO1. The molecule has 16 heteroatoms. The number of carbonyl (C=O) groups is 1. The van der Waals surface area contributed by atoms with Gasteiger partial charge in [-0.2, -0.15) is 23.3 Å². The van der Waals surface area contributed by atoms with E-state index in [0.29, 0.717) is 41.7 Å². The van der Waals surface area contributed by atoms with Gasteiger partial charge in [-0.05, 0) is 48.2 Å². The molecule has 242 valence electrons. The van der Waals surface area contributed by atoms with Gasteiger partial charge in [0.2, 0.25) is 5.95 Å². The number of hydrogen-bond donors (Lipinski definition) is 2. The minimum Gasteiger partial charge on any atom is -0.495 e. The number of ether oxygens (including phenoxy) is 1. The van der Waals surface area contributed by atoms with Crippen LogP contribution in [0.15, 0.2) is 48.9 Å². The molecular weight excluding hydrogens is 626 g/mol. The third-order valence-electron chi connectivity index (χ3n) is 7.59. The van der Waals surface area contributed by atoms with Gasteiger partial charge in [0.25, 0.3) is 5.91 Å². The molecule has 4 aromatic rings. The Balaban J connectivity index is 1.47.